The number of aromatic nitrogens is 4. The number of rotatable bonds is 5. The first kappa shape index (κ1) is 22.4. The molecule has 1 aromatic carbocycles. The quantitative estimate of drug-likeness (QED) is 0.391. The second kappa shape index (κ2) is 8.87. The maximum Gasteiger partial charge on any atom is 0.472 e. The van der Waals surface area contributed by atoms with Crippen LogP contribution in [0.3, 0.4) is 0 Å². The van der Waals surface area contributed by atoms with Gasteiger partial charge in [-0.05, 0) is 18.4 Å². The molecule has 11 nitrogen and oxygen atoms in total. The summed E-state index contributed by atoms with van der Waals surface area (Å²) >= 11 is 1.50. The molecular weight excluding hydrogens is 481 g/mol. The average molecular weight is 505 g/mol. The summed E-state index contributed by atoms with van der Waals surface area (Å²) in [7, 11) is -4.23. The number of aliphatic hydroxyl groups is 1. The Bertz CT molecular complexity index is 1240. The van der Waals surface area contributed by atoms with Crippen LogP contribution in [-0.4, -0.2) is 67.5 Å². The average Bonchev–Trinajstić information content (AvgIpc) is 3.56. The summed E-state index contributed by atoms with van der Waals surface area (Å²) < 4.78 is 29.8. The zero-order valence-corrected chi connectivity index (χ0v) is 19.8. The van der Waals surface area contributed by atoms with Crippen LogP contribution in [0.4, 0.5) is 5.82 Å². The summed E-state index contributed by atoms with van der Waals surface area (Å²) in [6.07, 6.45) is -0.148. The van der Waals surface area contributed by atoms with Gasteiger partial charge >= 0.3 is 7.82 Å². The van der Waals surface area contributed by atoms with Gasteiger partial charge < -0.3 is 19.6 Å². The highest BCUT2D eigenvalue weighted by atomic mass is 32.2. The van der Waals surface area contributed by atoms with Crippen LogP contribution in [0.1, 0.15) is 24.6 Å². The molecule has 13 heteroatoms. The zero-order valence-electron chi connectivity index (χ0n) is 18.1. The van der Waals surface area contributed by atoms with E-state index >= 15 is 0 Å². The van der Waals surface area contributed by atoms with Crippen molar-refractivity contribution in [1.82, 2.24) is 19.5 Å². The molecule has 3 aliphatic rings. The predicted octanol–water partition coefficient (Wildman–Crippen LogP) is 2.49. The molecule has 180 valence electrons. The molecular formula is C21H24N5O6PS. The molecule has 5 heterocycles. The number of nitrogens with zero attached hydrogens (tertiary/aromatic N) is 5. The van der Waals surface area contributed by atoms with E-state index in [1.807, 2.05) is 30.3 Å². The normalized spacial score (nSPS) is 31.3. The molecule has 0 radical (unpaired) electrons. The minimum absolute atomic E-state index is 0.154. The van der Waals surface area contributed by atoms with E-state index in [-0.39, 0.29) is 6.61 Å². The molecule has 0 bridgehead atoms. The maximum atomic E-state index is 11.9. The molecule has 34 heavy (non-hydrogen) atoms. The first-order valence-corrected chi connectivity index (χ1v) is 13.6. The van der Waals surface area contributed by atoms with Crippen LogP contribution in [-0.2, 0) is 24.1 Å². The van der Waals surface area contributed by atoms with Gasteiger partial charge in [-0.15, -0.1) is 0 Å². The highest BCUT2D eigenvalue weighted by Gasteiger charge is 2.53. The lowest BCUT2D eigenvalue weighted by molar-refractivity contribution is -0.0684. The third-order valence-corrected chi connectivity index (χ3v) is 8.27. The van der Waals surface area contributed by atoms with Crippen molar-refractivity contribution < 1.29 is 28.3 Å². The fourth-order valence-electron chi connectivity index (χ4n) is 4.64. The molecule has 3 fully saturated rings. The van der Waals surface area contributed by atoms with E-state index in [9.17, 15) is 14.6 Å². The molecule has 3 aliphatic heterocycles. The lowest BCUT2D eigenvalue weighted by Gasteiger charge is -2.27. The van der Waals surface area contributed by atoms with E-state index in [0.29, 0.717) is 22.1 Å². The van der Waals surface area contributed by atoms with Crippen LogP contribution >= 0.6 is 19.6 Å². The summed E-state index contributed by atoms with van der Waals surface area (Å²) in [6, 6.07) is 10.0. The number of fused-ring (bicyclic) bond motifs is 2. The van der Waals surface area contributed by atoms with Gasteiger partial charge in [0.1, 0.15) is 24.6 Å². The Kier molecular flexibility index (Phi) is 5.85. The first-order valence-electron chi connectivity index (χ1n) is 11.1. The van der Waals surface area contributed by atoms with Crippen LogP contribution in [0.15, 0.2) is 41.8 Å². The predicted molar refractivity (Wildman–Crippen MR) is 123 cm³/mol. The number of phosphoric acid groups is 1. The van der Waals surface area contributed by atoms with Crippen molar-refractivity contribution in [1.29, 1.82) is 0 Å². The SMILES string of the molecule is O=P1(O)OC[C@H]2O[C@@H](n3c(SCc4ccccc4)nc4c(N5CCCC5)ncnc43)[C@H](O)[C@@H]2O1. The van der Waals surface area contributed by atoms with Crippen molar-refractivity contribution in [3.05, 3.63) is 42.2 Å². The van der Waals surface area contributed by atoms with Gasteiger partial charge in [0, 0.05) is 18.8 Å². The number of phosphoric ester groups is 1. The second-order valence-electron chi connectivity index (χ2n) is 8.49. The highest BCUT2D eigenvalue weighted by molar-refractivity contribution is 7.98. The zero-order chi connectivity index (χ0) is 23.3. The highest BCUT2D eigenvalue weighted by Crippen LogP contribution is 2.53. The Morgan fingerprint density at radius 1 is 1.18 bits per heavy atom. The van der Waals surface area contributed by atoms with Gasteiger partial charge in [-0.2, -0.15) is 0 Å². The van der Waals surface area contributed by atoms with Gasteiger partial charge in [-0.1, -0.05) is 42.1 Å². The van der Waals surface area contributed by atoms with Crippen LogP contribution in [0.5, 0.6) is 0 Å². The Morgan fingerprint density at radius 3 is 2.76 bits per heavy atom. The fourth-order valence-corrected chi connectivity index (χ4v) is 6.58. The minimum atomic E-state index is -4.23. The van der Waals surface area contributed by atoms with Crippen molar-refractivity contribution >= 4 is 36.6 Å². The molecule has 5 atom stereocenters. The van der Waals surface area contributed by atoms with Crippen molar-refractivity contribution in [2.75, 3.05) is 24.6 Å². The molecule has 2 N–H and O–H groups in total. The minimum Gasteiger partial charge on any atom is -0.386 e. The topological polar surface area (TPSA) is 132 Å². The summed E-state index contributed by atoms with van der Waals surface area (Å²) in [5, 5.41) is 11.7. The van der Waals surface area contributed by atoms with Crippen molar-refractivity contribution in [2.45, 2.75) is 48.3 Å². The van der Waals surface area contributed by atoms with Gasteiger partial charge in [0.05, 0.1) is 6.61 Å². The smallest absolute Gasteiger partial charge is 0.386 e. The Balaban J connectivity index is 1.41. The summed E-state index contributed by atoms with van der Waals surface area (Å²) in [5.41, 5.74) is 2.29. The van der Waals surface area contributed by atoms with Crippen molar-refractivity contribution in [3.8, 4) is 0 Å². The molecule has 2 aromatic heterocycles. The lowest BCUT2D eigenvalue weighted by Crippen LogP contribution is -2.39. The van der Waals surface area contributed by atoms with Gasteiger partial charge in [0.15, 0.2) is 28.4 Å². The van der Waals surface area contributed by atoms with Crippen LogP contribution in [0.2, 0.25) is 0 Å². The largest absolute Gasteiger partial charge is 0.472 e. The number of anilines is 1. The molecule has 3 aromatic rings. The Labute approximate surface area is 199 Å². The second-order valence-corrected chi connectivity index (χ2v) is 10.8. The monoisotopic (exact) mass is 505 g/mol. The summed E-state index contributed by atoms with van der Waals surface area (Å²) in [4.78, 5) is 25.8. The van der Waals surface area contributed by atoms with Crippen LogP contribution in [0.25, 0.3) is 11.2 Å². The van der Waals surface area contributed by atoms with E-state index < -0.39 is 32.4 Å². The number of imidazole rings is 1. The third-order valence-electron chi connectivity index (χ3n) is 6.26. The first-order chi connectivity index (χ1) is 16.5. The summed E-state index contributed by atoms with van der Waals surface area (Å²) in [6.45, 7) is 1.64. The number of benzene rings is 1. The Morgan fingerprint density at radius 2 is 1.97 bits per heavy atom. The van der Waals surface area contributed by atoms with Crippen LogP contribution < -0.4 is 4.90 Å². The van der Waals surface area contributed by atoms with Gasteiger partial charge in [-0.25, -0.2) is 19.5 Å². The van der Waals surface area contributed by atoms with Crippen LogP contribution in [0, 0.1) is 0 Å². The van der Waals surface area contributed by atoms with E-state index in [0.717, 1.165) is 37.3 Å². The standard InChI is InChI=1S/C21H24N5O6PS/c27-16-17-14(10-30-33(28,29)32-17)31-20(16)26-19-15(18(22-12-23-19)25-8-4-5-9-25)24-21(26)34-11-13-6-2-1-3-7-13/h1-3,6-7,12,14,16-17,20,27H,4-5,8-11H2,(H,28,29)/t14-,16-,17-,20-/m1/s1. The molecule has 3 saturated heterocycles. The van der Waals surface area contributed by atoms with E-state index in [4.69, 9.17) is 18.8 Å². The van der Waals surface area contributed by atoms with E-state index in [1.54, 1.807) is 4.57 Å². The molecule has 6 rings (SSSR count). The van der Waals surface area contributed by atoms with Gasteiger partial charge in [-0.3, -0.25) is 13.6 Å². The number of ether oxygens (including phenoxy) is 1. The molecule has 0 spiro atoms. The fraction of sp³-hybridized carbons (Fsp3) is 0.476. The van der Waals surface area contributed by atoms with E-state index in [1.165, 1.54) is 18.1 Å². The number of hydrogen-bond donors (Lipinski definition) is 2. The molecule has 0 aliphatic carbocycles. The van der Waals surface area contributed by atoms with Gasteiger partial charge in [0.25, 0.3) is 0 Å². The van der Waals surface area contributed by atoms with E-state index in [2.05, 4.69) is 14.9 Å². The third kappa shape index (κ3) is 4.03. The molecule has 0 amide bonds. The number of thioether (sulfide) groups is 1. The Hall–Kier alpha value is -2.05. The molecule has 0 saturated carbocycles. The number of hydrogen-bond acceptors (Lipinski definition) is 10. The lowest BCUT2D eigenvalue weighted by atomic mass is 10.1. The summed E-state index contributed by atoms with van der Waals surface area (Å²) in [5.74, 6) is 1.41. The maximum absolute atomic E-state index is 11.9. The van der Waals surface area contributed by atoms with Gasteiger partial charge in [0.2, 0.25) is 0 Å². The number of aliphatic hydroxyl groups excluding tert-OH is 1. The van der Waals surface area contributed by atoms with Crippen molar-refractivity contribution in [3.63, 3.8) is 0 Å². The van der Waals surface area contributed by atoms with Crippen molar-refractivity contribution in [2.24, 2.45) is 0 Å². The molecule has 1 unspecified atom stereocenters.